The molecule has 0 aliphatic carbocycles. The van der Waals surface area contributed by atoms with Crippen LogP contribution in [-0.4, -0.2) is 21.3 Å². The van der Waals surface area contributed by atoms with Gasteiger partial charge in [-0.1, -0.05) is 24.6 Å². The third-order valence-electron chi connectivity index (χ3n) is 3.60. The van der Waals surface area contributed by atoms with Crippen LogP contribution in [0.1, 0.15) is 42.4 Å². The monoisotopic (exact) mass is 306 g/mol. The van der Waals surface area contributed by atoms with Gasteiger partial charge in [0.1, 0.15) is 0 Å². The molecule has 1 unspecified atom stereocenters. The summed E-state index contributed by atoms with van der Waals surface area (Å²) in [6, 6.07) is 2.37. The van der Waals surface area contributed by atoms with Gasteiger partial charge in [0.05, 0.1) is 16.4 Å². The van der Waals surface area contributed by atoms with Crippen molar-refractivity contribution in [2.24, 2.45) is 0 Å². The molecule has 4 nitrogen and oxygen atoms in total. The van der Waals surface area contributed by atoms with E-state index in [2.05, 4.69) is 42.2 Å². The Bertz CT molecular complexity index is 606. The Morgan fingerprint density at radius 2 is 2.05 bits per heavy atom. The molecule has 2 heterocycles. The molecule has 0 aliphatic rings. The van der Waals surface area contributed by atoms with Crippen LogP contribution < -0.4 is 5.32 Å². The summed E-state index contributed by atoms with van der Waals surface area (Å²) in [6.07, 6.45) is 4.61. The van der Waals surface area contributed by atoms with Crippen LogP contribution in [0.15, 0.2) is 18.5 Å². The largest absolute Gasteiger partial charge is 0.310 e. The molecule has 2 rings (SSSR count). The molecule has 1 N–H and O–H groups in total. The Morgan fingerprint density at radius 1 is 1.29 bits per heavy atom. The molecule has 0 saturated heterocycles. The summed E-state index contributed by atoms with van der Waals surface area (Å²) >= 11 is 6.43. The van der Waals surface area contributed by atoms with E-state index < -0.39 is 0 Å². The minimum atomic E-state index is 0.196. The Labute approximate surface area is 131 Å². The first-order valence-electron chi connectivity index (χ1n) is 7.43. The number of rotatable bonds is 6. The van der Waals surface area contributed by atoms with Crippen molar-refractivity contribution in [1.82, 2.24) is 20.1 Å². The van der Waals surface area contributed by atoms with E-state index in [4.69, 9.17) is 11.6 Å². The van der Waals surface area contributed by atoms with Crippen molar-refractivity contribution >= 4 is 11.6 Å². The average molecular weight is 307 g/mol. The zero-order chi connectivity index (χ0) is 15.4. The van der Waals surface area contributed by atoms with Crippen molar-refractivity contribution in [3.8, 4) is 0 Å². The summed E-state index contributed by atoms with van der Waals surface area (Å²) in [5, 5.41) is 8.80. The van der Waals surface area contributed by atoms with Gasteiger partial charge in [-0.3, -0.25) is 9.67 Å². The van der Waals surface area contributed by atoms with Crippen molar-refractivity contribution in [2.75, 3.05) is 6.54 Å². The van der Waals surface area contributed by atoms with Gasteiger partial charge in [0, 0.05) is 31.4 Å². The van der Waals surface area contributed by atoms with Crippen molar-refractivity contribution in [3.63, 3.8) is 0 Å². The van der Waals surface area contributed by atoms with Gasteiger partial charge in [-0.05, 0) is 38.4 Å². The first-order valence-corrected chi connectivity index (χ1v) is 7.81. The fraction of sp³-hybridized carbons (Fsp3) is 0.500. The maximum Gasteiger partial charge on any atom is 0.0847 e. The maximum atomic E-state index is 6.43. The van der Waals surface area contributed by atoms with Crippen LogP contribution >= 0.6 is 11.6 Å². The fourth-order valence-corrected chi connectivity index (χ4v) is 2.79. The summed E-state index contributed by atoms with van der Waals surface area (Å²) in [4.78, 5) is 4.30. The van der Waals surface area contributed by atoms with Crippen molar-refractivity contribution in [1.29, 1.82) is 0 Å². The molecule has 0 fully saturated rings. The number of aryl methyl sites for hydroxylation is 3. The molecule has 2 aromatic rings. The normalized spacial score (nSPS) is 12.6. The van der Waals surface area contributed by atoms with Gasteiger partial charge in [0.15, 0.2) is 0 Å². The Kier molecular flexibility index (Phi) is 5.37. The lowest BCUT2D eigenvalue weighted by Gasteiger charge is -2.19. The van der Waals surface area contributed by atoms with Crippen LogP contribution in [0.25, 0.3) is 0 Å². The molecule has 0 radical (unpaired) electrons. The first kappa shape index (κ1) is 16.0. The number of pyridine rings is 1. The second-order valence-electron chi connectivity index (χ2n) is 5.27. The van der Waals surface area contributed by atoms with Crippen LogP contribution in [0, 0.1) is 13.8 Å². The number of hydrogen-bond donors (Lipinski definition) is 1. The minimum absolute atomic E-state index is 0.196. The van der Waals surface area contributed by atoms with Gasteiger partial charge in [-0.15, -0.1) is 0 Å². The van der Waals surface area contributed by atoms with Crippen LogP contribution in [0.5, 0.6) is 0 Å². The van der Waals surface area contributed by atoms with Crippen LogP contribution in [0.4, 0.5) is 0 Å². The average Bonchev–Trinajstić information content (AvgIpc) is 2.74. The van der Waals surface area contributed by atoms with E-state index in [1.165, 1.54) is 11.1 Å². The number of likely N-dealkylation sites (N-methyl/N-ethyl adjacent to an activating group) is 1. The van der Waals surface area contributed by atoms with E-state index in [1.807, 2.05) is 24.0 Å². The van der Waals surface area contributed by atoms with E-state index in [0.717, 1.165) is 35.9 Å². The quantitative estimate of drug-likeness (QED) is 0.888. The molecule has 114 valence electrons. The SMILES string of the molecule is CCNC(Cc1c(Cl)c(C)nn1CC)c1cncc(C)c1. The molecule has 0 spiro atoms. The Morgan fingerprint density at radius 3 is 2.67 bits per heavy atom. The topological polar surface area (TPSA) is 42.7 Å². The van der Waals surface area contributed by atoms with Crippen LogP contribution in [0.2, 0.25) is 5.02 Å². The van der Waals surface area contributed by atoms with Gasteiger partial charge >= 0.3 is 0 Å². The lowest BCUT2D eigenvalue weighted by molar-refractivity contribution is 0.515. The molecule has 0 saturated carbocycles. The summed E-state index contributed by atoms with van der Waals surface area (Å²) in [6.45, 7) is 9.94. The number of halogens is 1. The number of hydrogen-bond acceptors (Lipinski definition) is 3. The minimum Gasteiger partial charge on any atom is -0.310 e. The highest BCUT2D eigenvalue weighted by molar-refractivity contribution is 6.31. The fourth-order valence-electron chi connectivity index (χ4n) is 2.58. The zero-order valence-electron chi connectivity index (χ0n) is 13.2. The molecule has 2 aromatic heterocycles. The molecule has 5 heteroatoms. The van der Waals surface area contributed by atoms with Crippen molar-refractivity contribution < 1.29 is 0 Å². The van der Waals surface area contributed by atoms with Gasteiger partial charge in [0.25, 0.3) is 0 Å². The predicted molar refractivity (Wildman–Crippen MR) is 86.7 cm³/mol. The molecular weight excluding hydrogens is 284 g/mol. The van der Waals surface area contributed by atoms with E-state index in [9.17, 15) is 0 Å². The molecule has 21 heavy (non-hydrogen) atoms. The highest BCUT2D eigenvalue weighted by Crippen LogP contribution is 2.26. The predicted octanol–water partition coefficient (Wildman–Crippen LogP) is 3.46. The first-order chi connectivity index (χ1) is 10.1. The third-order valence-corrected chi connectivity index (χ3v) is 4.09. The van der Waals surface area contributed by atoms with Gasteiger partial charge in [-0.2, -0.15) is 5.10 Å². The van der Waals surface area contributed by atoms with Crippen LogP contribution in [-0.2, 0) is 13.0 Å². The second kappa shape index (κ2) is 7.05. The lowest BCUT2D eigenvalue weighted by atomic mass is 10.0. The standard InChI is InChI=1S/C16H23ClN4/c1-5-19-14(13-7-11(3)9-18-10-13)8-15-16(17)12(4)20-21(15)6-2/h7,9-10,14,19H,5-6,8H2,1-4H3. The van der Waals surface area contributed by atoms with E-state index in [-0.39, 0.29) is 6.04 Å². The van der Waals surface area contributed by atoms with E-state index >= 15 is 0 Å². The molecular formula is C16H23ClN4. The van der Waals surface area contributed by atoms with E-state index in [1.54, 1.807) is 0 Å². The zero-order valence-corrected chi connectivity index (χ0v) is 13.9. The van der Waals surface area contributed by atoms with E-state index in [0.29, 0.717) is 0 Å². The smallest absolute Gasteiger partial charge is 0.0847 e. The summed E-state index contributed by atoms with van der Waals surface area (Å²) < 4.78 is 1.99. The number of aromatic nitrogens is 3. The molecule has 0 bridgehead atoms. The molecule has 0 aliphatic heterocycles. The van der Waals surface area contributed by atoms with Crippen LogP contribution in [0.3, 0.4) is 0 Å². The molecule has 1 atom stereocenters. The van der Waals surface area contributed by atoms with Crippen molar-refractivity contribution in [3.05, 3.63) is 46.0 Å². The number of nitrogens with zero attached hydrogens (tertiary/aromatic N) is 3. The highest BCUT2D eigenvalue weighted by Gasteiger charge is 2.19. The van der Waals surface area contributed by atoms with Gasteiger partial charge in [0.2, 0.25) is 0 Å². The third kappa shape index (κ3) is 3.63. The Hall–Kier alpha value is -1.39. The second-order valence-corrected chi connectivity index (χ2v) is 5.65. The molecule has 0 amide bonds. The lowest BCUT2D eigenvalue weighted by Crippen LogP contribution is -2.24. The number of nitrogens with one attached hydrogen (secondary N) is 1. The summed E-state index contributed by atoms with van der Waals surface area (Å²) in [7, 11) is 0. The maximum absolute atomic E-state index is 6.43. The van der Waals surface area contributed by atoms with Crippen molar-refractivity contribution in [2.45, 2.75) is 46.7 Å². The summed E-state index contributed by atoms with van der Waals surface area (Å²) in [5.74, 6) is 0. The summed E-state index contributed by atoms with van der Waals surface area (Å²) in [5.41, 5.74) is 4.34. The Balaban J connectivity index is 2.32. The highest BCUT2D eigenvalue weighted by atomic mass is 35.5. The molecule has 0 aromatic carbocycles. The van der Waals surface area contributed by atoms with Gasteiger partial charge in [-0.25, -0.2) is 0 Å². The van der Waals surface area contributed by atoms with Gasteiger partial charge < -0.3 is 5.32 Å².